The average Bonchev–Trinajstić information content (AvgIpc) is 2.20. The van der Waals surface area contributed by atoms with Gasteiger partial charge in [-0.3, -0.25) is 4.21 Å². The monoisotopic (exact) mass is 237 g/mol. The summed E-state index contributed by atoms with van der Waals surface area (Å²) in [4.78, 5) is 0. The summed E-state index contributed by atoms with van der Waals surface area (Å²) in [5.41, 5.74) is 5.57. The van der Waals surface area contributed by atoms with Gasteiger partial charge in [0.2, 0.25) is 0 Å². The largest absolute Gasteiger partial charge is 0.385 e. The van der Waals surface area contributed by atoms with Crippen molar-refractivity contribution in [2.45, 2.75) is 25.8 Å². The fraction of sp³-hybridized carbons (Fsp3) is 1.00. The van der Waals surface area contributed by atoms with Gasteiger partial charge in [0.25, 0.3) is 0 Å². The molecule has 5 heteroatoms. The fourth-order valence-corrected chi connectivity index (χ4v) is 2.12. The zero-order chi connectivity index (χ0) is 11.5. The highest BCUT2D eigenvalue weighted by Gasteiger charge is 2.01. The topological polar surface area (TPSA) is 61.5 Å². The van der Waals surface area contributed by atoms with Gasteiger partial charge in [-0.25, -0.2) is 0 Å². The number of ether oxygens (including phenoxy) is 2. The first-order chi connectivity index (χ1) is 7.16. The van der Waals surface area contributed by atoms with Crippen LogP contribution in [0.1, 0.15) is 19.8 Å². The summed E-state index contributed by atoms with van der Waals surface area (Å²) in [6.45, 7) is 3.89. The van der Waals surface area contributed by atoms with Gasteiger partial charge in [-0.15, -0.1) is 0 Å². The highest BCUT2D eigenvalue weighted by Crippen LogP contribution is 1.92. The van der Waals surface area contributed by atoms with Gasteiger partial charge < -0.3 is 15.2 Å². The average molecular weight is 237 g/mol. The van der Waals surface area contributed by atoms with E-state index >= 15 is 0 Å². The van der Waals surface area contributed by atoms with Crippen LogP contribution in [0.2, 0.25) is 0 Å². The molecule has 92 valence electrons. The molecule has 0 aromatic heterocycles. The van der Waals surface area contributed by atoms with E-state index in [9.17, 15) is 4.21 Å². The Morgan fingerprint density at radius 3 is 2.60 bits per heavy atom. The predicted octanol–water partition coefficient (Wildman–Crippen LogP) is 0.526. The third-order valence-electron chi connectivity index (χ3n) is 1.89. The van der Waals surface area contributed by atoms with Crippen molar-refractivity contribution in [3.05, 3.63) is 0 Å². The highest BCUT2D eigenvalue weighted by atomic mass is 32.2. The molecule has 0 saturated heterocycles. The Balaban J connectivity index is 3.17. The van der Waals surface area contributed by atoms with E-state index < -0.39 is 10.8 Å². The van der Waals surface area contributed by atoms with Gasteiger partial charge >= 0.3 is 0 Å². The molecule has 0 amide bonds. The molecule has 0 saturated carbocycles. The maximum atomic E-state index is 11.4. The van der Waals surface area contributed by atoms with Crippen LogP contribution in [0.3, 0.4) is 0 Å². The molecule has 0 aromatic rings. The van der Waals surface area contributed by atoms with Crippen molar-refractivity contribution in [3.8, 4) is 0 Å². The second-order valence-electron chi connectivity index (χ2n) is 3.57. The van der Waals surface area contributed by atoms with Crippen LogP contribution in [0.5, 0.6) is 0 Å². The number of methoxy groups -OCH3 is 1. The van der Waals surface area contributed by atoms with Crippen LogP contribution in [-0.4, -0.2) is 48.7 Å². The normalized spacial score (nSPS) is 15.1. The van der Waals surface area contributed by atoms with Gasteiger partial charge in [-0.2, -0.15) is 0 Å². The van der Waals surface area contributed by atoms with Crippen molar-refractivity contribution in [2.24, 2.45) is 5.73 Å². The highest BCUT2D eigenvalue weighted by molar-refractivity contribution is 7.84. The first-order valence-electron chi connectivity index (χ1n) is 5.34. The van der Waals surface area contributed by atoms with Crippen molar-refractivity contribution in [1.29, 1.82) is 0 Å². The van der Waals surface area contributed by atoms with Gasteiger partial charge in [-0.1, -0.05) is 0 Å². The lowest BCUT2D eigenvalue weighted by atomic mass is 10.3. The van der Waals surface area contributed by atoms with Crippen LogP contribution in [0.4, 0.5) is 0 Å². The molecule has 2 unspecified atom stereocenters. The second kappa shape index (κ2) is 10.5. The molecular weight excluding hydrogens is 214 g/mol. The number of rotatable bonds is 10. The molecule has 0 spiro atoms. The van der Waals surface area contributed by atoms with Gasteiger partial charge in [0.1, 0.15) is 0 Å². The fourth-order valence-electron chi connectivity index (χ4n) is 0.979. The molecule has 0 aliphatic heterocycles. The summed E-state index contributed by atoms with van der Waals surface area (Å²) in [6, 6.07) is 0.136. The molecule has 0 aliphatic rings. The lowest BCUT2D eigenvalue weighted by molar-refractivity contribution is 0.112. The van der Waals surface area contributed by atoms with Crippen LogP contribution in [0, 0.1) is 0 Å². The van der Waals surface area contributed by atoms with E-state index in [1.54, 1.807) is 7.11 Å². The summed E-state index contributed by atoms with van der Waals surface area (Å²) < 4.78 is 21.6. The summed E-state index contributed by atoms with van der Waals surface area (Å²) in [6.07, 6.45) is 1.71. The van der Waals surface area contributed by atoms with Gasteiger partial charge in [0.15, 0.2) is 0 Å². The molecule has 0 bridgehead atoms. The van der Waals surface area contributed by atoms with Crippen LogP contribution < -0.4 is 5.73 Å². The van der Waals surface area contributed by atoms with E-state index in [4.69, 9.17) is 15.2 Å². The SMILES string of the molecule is COCCCOCCS(=O)CCC(C)N. The van der Waals surface area contributed by atoms with E-state index in [1.807, 2.05) is 6.92 Å². The molecule has 4 nitrogen and oxygen atoms in total. The standard InChI is InChI=1S/C10H23NO3S/c1-10(11)4-8-15(12)9-7-14-6-3-5-13-2/h10H,3-9,11H2,1-2H3. The van der Waals surface area contributed by atoms with Gasteiger partial charge in [-0.05, 0) is 19.8 Å². The Bertz CT molecular complexity index is 165. The number of hydrogen-bond donors (Lipinski definition) is 1. The Morgan fingerprint density at radius 2 is 2.00 bits per heavy atom. The number of nitrogens with two attached hydrogens (primary N) is 1. The van der Waals surface area contributed by atoms with E-state index in [2.05, 4.69) is 0 Å². The van der Waals surface area contributed by atoms with Gasteiger partial charge in [0.05, 0.1) is 6.61 Å². The molecular formula is C10H23NO3S. The predicted molar refractivity (Wildman–Crippen MR) is 63.5 cm³/mol. The third kappa shape index (κ3) is 12.0. The van der Waals surface area contributed by atoms with Crippen molar-refractivity contribution < 1.29 is 13.7 Å². The van der Waals surface area contributed by atoms with E-state index in [1.165, 1.54) is 0 Å². The molecule has 0 fully saturated rings. The lowest BCUT2D eigenvalue weighted by Crippen LogP contribution is -2.19. The summed E-state index contributed by atoms with van der Waals surface area (Å²) in [5.74, 6) is 1.29. The first-order valence-corrected chi connectivity index (χ1v) is 6.83. The van der Waals surface area contributed by atoms with Crippen LogP contribution in [0.25, 0.3) is 0 Å². The molecule has 2 atom stereocenters. The Kier molecular flexibility index (Phi) is 10.6. The number of hydrogen-bond acceptors (Lipinski definition) is 4. The van der Waals surface area contributed by atoms with Crippen molar-refractivity contribution in [1.82, 2.24) is 0 Å². The molecule has 15 heavy (non-hydrogen) atoms. The smallest absolute Gasteiger partial charge is 0.0581 e. The summed E-state index contributed by atoms with van der Waals surface area (Å²) in [7, 11) is 0.886. The van der Waals surface area contributed by atoms with Crippen molar-refractivity contribution in [2.75, 3.05) is 38.4 Å². The third-order valence-corrected chi connectivity index (χ3v) is 3.21. The Hall–Kier alpha value is 0.0300. The maximum Gasteiger partial charge on any atom is 0.0581 e. The molecule has 0 aromatic carbocycles. The second-order valence-corrected chi connectivity index (χ2v) is 5.27. The van der Waals surface area contributed by atoms with Gasteiger partial charge in [0, 0.05) is 48.7 Å². The Morgan fingerprint density at radius 1 is 1.27 bits per heavy atom. The molecule has 0 aliphatic carbocycles. The molecule has 0 radical (unpaired) electrons. The van der Waals surface area contributed by atoms with E-state index in [0.717, 1.165) is 12.8 Å². The zero-order valence-electron chi connectivity index (χ0n) is 9.74. The van der Waals surface area contributed by atoms with Crippen LogP contribution in [0.15, 0.2) is 0 Å². The van der Waals surface area contributed by atoms with Crippen LogP contribution in [-0.2, 0) is 20.3 Å². The Labute approximate surface area is 95.0 Å². The van der Waals surface area contributed by atoms with Crippen molar-refractivity contribution in [3.63, 3.8) is 0 Å². The minimum Gasteiger partial charge on any atom is -0.385 e. The first kappa shape index (κ1) is 15.0. The zero-order valence-corrected chi connectivity index (χ0v) is 10.6. The molecule has 0 heterocycles. The lowest BCUT2D eigenvalue weighted by Gasteiger charge is -2.06. The van der Waals surface area contributed by atoms with E-state index in [0.29, 0.717) is 31.3 Å². The minimum atomic E-state index is -0.784. The molecule has 0 rings (SSSR count). The summed E-state index contributed by atoms with van der Waals surface area (Å²) >= 11 is 0. The van der Waals surface area contributed by atoms with E-state index in [-0.39, 0.29) is 6.04 Å². The maximum absolute atomic E-state index is 11.4. The molecule has 2 N–H and O–H groups in total. The quantitative estimate of drug-likeness (QED) is 0.563. The summed E-state index contributed by atoms with van der Waals surface area (Å²) in [5, 5.41) is 0. The minimum absolute atomic E-state index is 0.136. The van der Waals surface area contributed by atoms with Crippen molar-refractivity contribution >= 4 is 10.8 Å². The van der Waals surface area contributed by atoms with Crippen LogP contribution >= 0.6 is 0 Å².